The lowest BCUT2D eigenvalue weighted by Gasteiger charge is -2.16. The van der Waals surface area contributed by atoms with Crippen molar-refractivity contribution < 1.29 is 14.4 Å². The lowest BCUT2D eigenvalue weighted by molar-refractivity contribution is -0.128. The van der Waals surface area contributed by atoms with Crippen LogP contribution < -0.4 is 11.1 Å². The molecule has 1 aromatic carbocycles. The van der Waals surface area contributed by atoms with E-state index in [0.717, 1.165) is 12.8 Å². The molecule has 0 unspecified atom stereocenters. The Morgan fingerprint density at radius 2 is 2.00 bits per heavy atom. The normalized spacial score (nSPS) is 17.6. The van der Waals surface area contributed by atoms with Crippen molar-refractivity contribution >= 4 is 23.4 Å². The van der Waals surface area contributed by atoms with Gasteiger partial charge in [0.15, 0.2) is 0 Å². The Kier molecular flexibility index (Phi) is 5.14. The molecule has 0 radical (unpaired) electrons. The summed E-state index contributed by atoms with van der Waals surface area (Å²) < 4.78 is 0. The molecule has 118 valence electrons. The van der Waals surface area contributed by atoms with E-state index in [0.29, 0.717) is 24.3 Å². The zero-order valence-electron chi connectivity index (χ0n) is 12.7. The molecule has 3 amide bonds. The number of hydrogen-bond acceptors (Lipinski definition) is 3. The first-order chi connectivity index (χ1) is 10.5. The van der Waals surface area contributed by atoms with Crippen molar-refractivity contribution in [1.82, 2.24) is 4.90 Å². The number of nitrogens with one attached hydrogen (secondary N) is 1. The van der Waals surface area contributed by atoms with Crippen LogP contribution in [-0.2, 0) is 9.59 Å². The highest BCUT2D eigenvalue weighted by Crippen LogP contribution is 2.20. The lowest BCUT2D eigenvalue weighted by atomic mass is 10.1. The van der Waals surface area contributed by atoms with Crippen LogP contribution in [-0.4, -0.2) is 35.7 Å². The van der Waals surface area contributed by atoms with Gasteiger partial charge in [-0.3, -0.25) is 14.4 Å². The summed E-state index contributed by atoms with van der Waals surface area (Å²) in [6.45, 7) is 3.26. The molecule has 2 rings (SSSR count). The lowest BCUT2D eigenvalue weighted by Crippen LogP contribution is -2.29. The second kappa shape index (κ2) is 7.06. The Morgan fingerprint density at radius 1 is 1.32 bits per heavy atom. The van der Waals surface area contributed by atoms with Crippen molar-refractivity contribution in [1.29, 1.82) is 0 Å². The number of likely N-dealkylation sites (tertiary alicyclic amines) is 1. The molecule has 0 spiro atoms. The molecule has 0 aliphatic carbocycles. The van der Waals surface area contributed by atoms with Gasteiger partial charge in [-0.15, -0.1) is 0 Å². The molecule has 6 nitrogen and oxygen atoms in total. The molecule has 3 N–H and O–H groups in total. The molecule has 1 aliphatic heterocycles. The second-order valence-corrected chi connectivity index (χ2v) is 5.53. The third-order valence-corrected chi connectivity index (χ3v) is 3.80. The minimum absolute atomic E-state index is 0.0395. The molecule has 1 aromatic rings. The van der Waals surface area contributed by atoms with Crippen molar-refractivity contribution in [2.24, 2.45) is 11.7 Å². The van der Waals surface area contributed by atoms with Gasteiger partial charge in [0.1, 0.15) is 0 Å². The number of carbonyl (C=O) groups is 3. The zero-order chi connectivity index (χ0) is 16.1. The van der Waals surface area contributed by atoms with Gasteiger partial charge in [0.2, 0.25) is 17.7 Å². The first kappa shape index (κ1) is 16.0. The van der Waals surface area contributed by atoms with E-state index in [2.05, 4.69) is 12.2 Å². The smallest absolute Gasteiger partial charge is 0.248 e. The number of unbranched alkanes of at least 4 members (excludes halogenated alkanes) is 1. The number of primary amides is 1. The summed E-state index contributed by atoms with van der Waals surface area (Å²) in [6, 6.07) is 6.38. The van der Waals surface area contributed by atoms with E-state index in [9.17, 15) is 14.4 Å². The van der Waals surface area contributed by atoms with Crippen LogP contribution in [0, 0.1) is 5.92 Å². The highest BCUT2D eigenvalue weighted by molar-refractivity contribution is 5.98. The number of nitrogens with two attached hydrogens (primary N) is 1. The minimum atomic E-state index is -0.508. The quantitative estimate of drug-likeness (QED) is 0.831. The Morgan fingerprint density at radius 3 is 2.59 bits per heavy atom. The highest BCUT2D eigenvalue weighted by atomic mass is 16.2. The largest absolute Gasteiger partial charge is 0.366 e. The summed E-state index contributed by atoms with van der Waals surface area (Å²) in [5.41, 5.74) is 6.15. The summed E-state index contributed by atoms with van der Waals surface area (Å²) in [5, 5.41) is 2.78. The van der Waals surface area contributed by atoms with Crippen molar-refractivity contribution in [2.45, 2.75) is 26.2 Å². The number of nitrogens with zero attached hydrogens (tertiary/aromatic N) is 1. The first-order valence-corrected chi connectivity index (χ1v) is 7.49. The Labute approximate surface area is 129 Å². The standard InChI is InChI=1S/C16H21N3O3/c1-2-3-8-19-10-12(9-14(19)20)16(22)18-13-6-4-11(5-7-13)15(17)21/h4-7,12H,2-3,8-10H2,1H3,(H2,17,21)(H,18,22)/t12-/m0/s1. The summed E-state index contributed by atoms with van der Waals surface area (Å²) in [6.07, 6.45) is 2.23. The van der Waals surface area contributed by atoms with Crippen LogP contribution in [0.3, 0.4) is 0 Å². The molecule has 22 heavy (non-hydrogen) atoms. The van der Waals surface area contributed by atoms with Crippen LogP contribution in [0.2, 0.25) is 0 Å². The maximum Gasteiger partial charge on any atom is 0.248 e. The monoisotopic (exact) mass is 303 g/mol. The van der Waals surface area contributed by atoms with E-state index in [1.165, 1.54) is 0 Å². The van der Waals surface area contributed by atoms with Gasteiger partial charge in [-0.05, 0) is 30.7 Å². The number of amides is 3. The van der Waals surface area contributed by atoms with E-state index < -0.39 is 5.91 Å². The third kappa shape index (κ3) is 3.84. The Hall–Kier alpha value is -2.37. The van der Waals surface area contributed by atoms with Gasteiger partial charge in [0, 0.05) is 30.8 Å². The van der Waals surface area contributed by atoms with Crippen LogP contribution in [0.15, 0.2) is 24.3 Å². The van der Waals surface area contributed by atoms with Gasteiger partial charge in [-0.25, -0.2) is 0 Å². The Balaban J connectivity index is 1.92. The molecule has 1 heterocycles. The van der Waals surface area contributed by atoms with Gasteiger partial charge in [-0.2, -0.15) is 0 Å². The predicted octanol–water partition coefficient (Wildman–Crippen LogP) is 1.37. The number of anilines is 1. The zero-order valence-corrected chi connectivity index (χ0v) is 12.7. The summed E-state index contributed by atoms with van der Waals surface area (Å²) in [4.78, 5) is 36.8. The SMILES string of the molecule is CCCCN1C[C@@H](C(=O)Nc2ccc(C(N)=O)cc2)CC1=O. The second-order valence-electron chi connectivity index (χ2n) is 5.53. The number of carbonyl (C=O) groups excluding carboxylic acids is 3. The van der Waals surface area contributed by atoms with E-state index in [1.54, 1.807) is 29.2 Å². The number of hydrogen-bond donors (Lipinski definition) is 2. The van der Waals surface area contributed by atoms with Crippen molar-refractivity contribution in [3.05, 3.63) is 29.8 Å². The van der Waals surface area contributed by atoms with Crippen LogP contribution in [0.5, 0.6) is 0 Å². The number of rotatable bonds is 6. The predicted molar refractivity (Wildman–Crippen MR) is 83.2 cm³/mol. The molecule has 0 bridgehead atoms. The molecular formula is C16H21N3O3. The van der Waals surface area contributed by atoms with Crippen LogP contribution in [0.1, 0.15) is 36.5 Å². The van der Waals surface area contributed by atoms with Gasteiger partial charge in [0.25, 0.3) is 0 Å². The summed E-state index contributed by atoms with van der Waals surface area (Å²) in [5.74, 6) is -0.956. The molecule has 1 fully saturated rings. The van der Waals surface area contributed by atoms with Crippen molar-refractivity contribution in [3.8, 4) is 0 Å². The molecule has 0 aromatic heterocycles. The van der Waals surface area contributed by atoms with Gasteiger partial charge in [0.05, 0.1) is 5.92 Å². The first-order valence-electron chi connectivity index (χ1n) is 7.49. The van der Waals surface area contributed by atoms with Crippen molar-refractivity contribution in [3.63, 3.8) is 0 Å². The Bertz CT molecular complexity index is 569. The summed E-state index contributed by atoms with van der Waals surface area (Å²) >= 11 is 0. The minimum Gasteiger partial charge on any atom is -0.366 e. The molecule has 6 heteroatoms. The van der Waals surface area contributed by atoms with Gasteiger partial charge in [-0.1, -0.05) is 13.3 Å². The third-order valence-electron chi connectivity index (χ3n) is 3.80. The van der Waals surface area contributed by atoms with Crippen LogP contribution in [0.4, 0.5) is 5.69 Å². The maximum atomic E-state index is 12.2. The van der Waals surface area contributed by atoms with Crippen LogP contribution in [0.25, 0.3) is 0 Å². The average molecular weight is 303 g/mol. The van der Waals surface area contributed by atoms with E-state index in [-0.39, 0.29) is 24.2 Å². The topological polar surface area (TPSA) is 92.5 Å². The van der Waals surface area contributed by atoms with E-state index in [4.69, 9.17) is 5.73 Å². The van der Waals surface area contributed by atoms with E-state index in [1.807, 2.05) is 0 Å². The molecule has 1 aliphatic rings. The van der Waals surface area contributed by atoms with Gasteiger partial charge >= 0.3 is 0 Å². The molecule has 0 saturated carbocycles. The van der Waals surface area contributed by atoms with Crippen LogP contribution >= 0.6 is 0 Å². The molecular weight excluding hydrogens is 282 g/mol. The fraction of sp³-hybridized carbons (Fsp3) is 0.438. The molecule has 1 atom stereocenters. The fourth-order valence-corrected chi connectivity index (χ4v) is 2.48. The van der Waals surface area contributed by atoms with Gasteiger partial charge < -0.3 is 16.0 Å². The average Bonchev–Trinajstić information content (AvgIpc) is 2.87. The summed E-state index contributed by atoms with van der Waals surface area (Å²) in [7, 11) is 0. The maximum absolute atomic E-state index is 12.2. The fourth-order valence-electron chi connectivity index (χ4n) is 2.48. The molecule has 1 saturated heterocycles. The number of benzene rings is 1. The van der Waals surface area contributed by atoms with Crippen molar-refractivity contribution in [2.75, 3.05) is 18.4 Å². The van der Waals surface area contributed by atoms with E-state index >= 15 is 0 Å². The highest BCUT2D eigenvalue weighted by Gasteiger charge is 2.33.